The van der Waals surface area contributed by atoms with E-state index in [-0.39, 0.29) is 11.9 Å². The topological polar surface area (TPSA) is 131 Å². The Morgan fingerprint density at radius 3 is 1.24 bits per heavy atom. The molecule has 2 aliphatic carbocycles. The molecular formula is C22H43N3O4. The van der Waals surface area contributed by atoms with Crippen LogP contribution in [0, 0.1) is 10.8 Å². The van der Waals surface area contributed by atoms with Crippen molar-refractivity contribution in [3.05, 3.63) is 0 Å². The van der Waals surface area contributed by atoms with Gasteiger partial charge in [0.25, 0.3) is 0 Å². The number of carbonyl (C=O) groups excluding carboxylic acids is 2. The highest BCUT2D eigenvalue weighted by Gasteiger charge is 2.62. The maximum atomic E-state index is 12.0. The van der Waals surface area contributed by atoms with E-state index in [1.54, 1.807) is 0 Å². The van der Waals surface area contributed by atoms with Gasteiger partial charge in [0.1, 0.15) is 11.2 Å². The molecule has 0 amide bonds. The van der Waals surface area contributed by atoms with Crippen molar-refractivity contribution in [3.63, 3.8) is 0 Å². The number of nitrogens with two attached hydrogens (primary N) is 3. The number of ether oxygens (including phenoxy) is 2. The van der Waals surface area contributed by atoms with Gasteiger partial charge in [0.2, 0.25) is 0 Å². The summed E-state index contributed by atoms with van der Waals surface area (Å²) in [7, 11) is 0. The number of rotatable bonds is 5. The van der Waals surface area contributed by atoms with Crippen LogP contribution >= 0.6 is 0 Å². The van der Waals surface area contributed by atoms with E-state index in [0.717, 1.165) is 25.7 Å². The summed E-state index contributed by atoms with van der Waals surface area (Å²) in [5.41, 5.74) is 14.7. The SMILES string of the molecule is CC(C)(C)OC(=O)C1(C(C)(C)N)CC1.CC(C)(C)OC(=O)C1(C(C)(N)CN)CC1. The maximum absolute atomic E-state index is 12.0. The van der Waals surface area contributed by atoms with Crippen LogP contribution in [-0.4, -0.2) is 40.8 Å². The van der Waals surface area contributed by atoms with Crippen molar-refractivity contribution in [2.75, 3.05) is 6.54 Å². The molecule has 2 saturated carbocycles. The smallest absolute Gasteiger partial charge is 0.314 e. The number of esters is 2. The second kappa shape index (κ2) is 7.82. The van der Waals surface area contributed by atoms with Gasteiger partial charge in [-0.2, -0.15) is 0 Å². The van der Waals surface area contributed by atoms with Crippen LogP contribution in [-0.2, 0) is 19.1 Å². The lowest BCUT2D eigenvalue weighted by Crippen LogP contribution is -2.56. The van der Waals surface area contributed by atoms with E-state index in [1.807, 2.05) is 62.3 Å². The molecule has 2 fully saturated rings. The first-order chi connectivity index (χ1) is 12.7. The van der Waals surface area contributed by atoms with Gasteiger partial charge in [-0.3, -0.25) is 9.59 Å². The first-order valence-electron chi connectivity index (χ1n) is 10.5. The van der Waals surface area contributed by atoms with Crippen molar-refractivity contribution in [2.45, 2.75) is 110 Å². The zero-order valence-corrected chi connectivity index (χ0v) is 19.9. The fraction of sp³-hybridized carbons (Fsp3) is 0.909. The van der Waals surface area contributed by atoms with Gasteiger partial charge in [-0.15, -0.1) is 0 Å². The van der Waals surface area contributed by atoms with Crippen molar-refractivity contribution in [3.8, 4) is 0 Å². The van der Waals surface area contributed by atoms with Crippen LogP contribution in [0.15, 0.2) is 0 Å². The minimum absolute atomic E-state index is 0.141. The molecule has 1 atom stereocenters. The summed E-state index contributed by atoms with van der Waals surface area (Å²) in [6.45, 7) is 17.1. The molecular weight excluding hydrogens is 370 g/mol. The predicted octanol–water partition coefficient (Wildman–Crippen LogP) is 2.63. The van der Waals surface area contributed by atoms with Crippen molar-refractivity contribution in [1.29, 1.82) is 0 Å². The summed E-state index contributed by atoms with van der Waals surface area (Å²) in [6.07, 6.45) is 3.27. The normalized spacial score (nSPS) is 21.8. The summed E-state index contributed by atoms with van der Waals surface area (Å²) < 4.78 is 10.8. The van der Waals surface area contributed by atoms with Gasteiger partial charge in [0.15, 0.2) is 0 Å². The van der Waals surface area contributed by atoms with E-state index in [0.29, 0.717) is 6.54 Å². The second-order valence-electron chi connectivity index (χ2n) is 11.5. The molecule has 0 aromatic carbocycles. The molecule has 0 radical (unpaired) electrons. The average molecular weight is 414 g/mol. The van der Waals surface area contributed by atoms with Gasteiger partial charge in [0.05, 0.1) is 10.8 Å². The van der Waals surface area contributed by atoms with E-state index in [1.165, 1.54) is 0 Å². The molecule has 7 heteroatoms. The first kappa shape index (κ1) is 25.9. The minimum atomic E-state index is -0.657. The van der Waals surface area contributed by atoms with Crippen molar-refractivity contribution >= 4 is 11.9 Å². The Balaban J connectivity index is 0.000000291. The predicted molar refractivity (Wildman–Crippen MR) is 115 cm³/mol. The van der Waals surface area contributed by atoms with Crippen LogP contribution in [0.5, 0.6) is 0 Å². The van der Waals surface area contributed by atoms with Crippen molar-refractivity contribution < 1.29 is 19.1 Å². The molecule has 0 aromatic heterocycles. The molecule has 2 aliphatic rings. The molecule has 0 bridgehead atoms. The zero-order chi connectivity index (χ0) is 23.1. The van der Waals surface area contributed by atoms with Crippen LogP contribution in [0.2, 0.25) is 0 Å². The molecule has 0 spiro atoms. The van der Waals surface area contributed by atoms with Gasteiger partial charge in [-0.25, -0.2) is 0 Å². The summed E-state index contributed by atoms with van der Waals surface area (Å²) in [6, 6.07) is 0. The van der Waals surface area contributed by atoms with Gasteiger partial charge < -0.3 is 26.7 Å². The lowest BCUT2D eigenvalue weighted by Gasteiger charge is -2.33. The molecule has 29 heavy (non-hydrogen) atoms. The largest absolute Gasteiger partial charge is 0.459 e. The monoisotopic (exact) mass is 413 g/mol. The number of hydrogen-bond donors (Lipinski definition) is 3. The summed E-state index contributed by atoms with van der Waals surface area (Å²) in [4.78, 5) is 23.9. The molecule has 6 N–H and O–H groups in total. The third kappa shape index (κ3) is 6.15. The fourth-order valence-corrected chi connectivity index (χ4v) is 3.32. The number of carbonyl (C=O) groups is 2. The maximum Gasteiger partial charge on any atom is 0.314 e. The van der Waals surface area contributed by atoms with Crippen LogP contribution in [0.4, 0.5) is 0 Å². The van der Waals surface area contributed by atoms with Crippen LogP contribution in [0.1, 0.15) is 88.0 Å². The highest BCUT2D eigenvalue weighted by atomic mass is 16.6. The number of hydrogen-bond acceptors (Lipinski definition) is 7. The molecule has 0 aliphatic heterocycles. The highest BCUT2D eigenvalue weighted by molar-refractivity contribution is 5.82. The molecule has 0 saturated heterocycles. The van der Waals surface area contributed by atoms with Gasteiger partial charge >= 0.3 is 11.9 Å². The standard InChI is InChI=1S/C11H22N2O2.C11H21NO2/c1-9(2,3)15-8(14)11(5-6-11)10(4,13)7-12;1-9(2,3)14-8(13)11(6-7-11)10(4,5)12/h5-7,12-13H2,1-4H3;6-7,12H2,1-5H3. The van der Waals surface area contributed by atoms with Crippen LogP contribution < -0.4 is 17.2 Å². The first-order valence-corrected chi connectivity index (χ1v) is 10.5. The molecule has 0 heterocycles. The summed E-state index contributed by atoms with van der Waals surface area (Å²) in [5.74, 6) is -0.344. The Labute approximate surface area is 176 Å². The lowest BCUT2D eigenvalue weighted by atomic mass is 9.83. The summed E-state index contributed by atoms with van der Waals surface area (Å²) >= 11 is 0. The van der Waals surface area contributed by atoms with Gasteiger partial charge in [0, 0.05) is 17.6 Å². The Bertz CT molecular complexity index is 613. The van der Waals surface area contributed by atoms with E-state index < -0.39 is 33.1 Å². The quantitative estimate of drug-likeness (QED) is 0.590. The molecule has 1 unspecified atom stereocenters. The third-order valence-electron chi connectivity index (χ3n) is 5.83. The third-order valence-corrected chi connectivity index (χ3v) is 5.83. The van der Waals surface area contributed by atoms with Gasteiger partial charge in [-0.1, -0.05) is 0 Å². The van der Waals surface area contributed by atoms with E-state index in [2.05, 4.69) is 0 Å². The molecule has 0 aromatic rings. The average Bonchev–Trinajstić information content (AvgIpc) is 3.33. The highest BCUT2D eigenvalue weighted by Crippen LogP contribution is 2.55. The van der Waals surface area contributed by atoms with E-state index in [9.17, 15) is 9.59 Å². The molecule has 7 nitrogen and oxygen atoms in total. The second-order valence-corrected chi connectivity index (χ2v) is 11.5. The Morgan fingerprint density at radius 1 is 0.724 bits per heavy atom. The van der Waals surface area contributed by atoms with Crippen LogP contribution in [0.25, 0.3) is 0 Å². The Kier molecular flexibility index (Phi) is 6.97. The fourth-order valence-electron chi connectivity index (χ4n) is 3.32. The lowest BCUT2D eigenvalue weighted by molar-refractivity contribution is -0.165. The molecule has 170 valence electrons. The Morgan fingerprint density at radius 2 is 1.03 bits per heavy atom. The van der Waals surface area contributed by atoms with E-state index >= 15 is 0 Å². The van der Waals surface area contributed by atoms with Crippen molar-refractivity contribution in [1.82, 2.24) is 0 Å². The van der Waals surface area contributed by atoms with Crippen molar-refractivity contribution in [2.24, 2.45) is 28.0 Å². The van der Waals surface area contributed by atoms with Crippen LogP contribution in [0.3, 0.4) is 0 Å². The van der Waals surface area contributed by atoms with E-state index in [4.69, 9.17) is 26.7 Å². The van der Waals surface area contributed by atoms with Gasteiger partial charge in [-0.05, 0) is 88.0 Å². The Hall–Kier alpha value is -1.18. The minimum Gasteiger partial charge on any atom is -0.459 e. The summed E-state index contributed by atoms with van der Waals surface area (Å²) in [5, 5.41) is 0. The zero-order valence-electron chi connectivity index (χ0n) is 19.9. The molecule has 2 rings (SSSR count).